The van der Waals surface area contributed by atoms with Crippen LogP contribution < -0.4 is 14.8 Å². The molecule has 0 aliphatic carbocycles. The molecule has 9 heteroatoms. The van der Waals surface area contributed by atoms with Crippen LogP contribution >= 0.6 is 0 Å². The van der Waals surface area contributed by atoms with Crippen molar-refractivity contribution in [2.75, 3.05) is 39.6 Å². The molecule has 0 fully saturated rings. The monoisotopic (exact) mass is 400 g/mol. The molecule has 0 bridgehead atoms. The molecule has 0 spiro atoms. The summed E-state index contributed by atoms with van der Waals surface area (Å²) in [6.45, 7) is 1.19. The zero-order chi connectivity index (χ0) is 20.1. The first-order valence-corrected chi connectivity index (χ1v) is 10.3. The van der Waals surface area contributed by atoms with Crippen LogP contribution in [0.1, 0.15) is 0 Å². The summed E-state index contributed by atoms with van der Waals surface area (Å²) in [4.78, 5) is 10.9. The smallest absolute Gasteiger partial charge is 0.240 e. The van der Waals surface area contributed by atoms with Gasteiger partial charge in [0.25, 0.3) is 0 Å². The number of methoxy groups -OCH3 is 1. The molecule has 0 aliphatic rings. The molecular weight excluding hydrogens is 376 g/mol. The molecule has 1 atom stereocenters. The van der Waals surface area contributed by atoms with Crippen LogP contribution in [-0.2, 0) is 9.92 Å². The molecule has 2 aromatic heterocycles. The van der Waals surface area contributed by atoms with E-state index in [-0.39, 0.29) is 0 Å². The molecule has 0 amide bonds. The lowest BCUT2D eigenvalue weighted by atomic mass is 10.2. The van der Waals surface area contributed by atoms with E-state index in [2.05, 4.69) is 20.0 Å². The summed E-state index contributed by atoms with van der Waals surface area (Å²) in [5.74, 6) is 0.467. The SMILES string of the molecule is COc1nccc2c(Nc3ccc(S(=N)(=O)NCCN(C)C)cc3)ccnc12. The van der Waals surface area contributed by atoms with E-state index in [1.165, 1.54) is 0 Å². The second-order valence-corrected chi connectivity index (χ2v) is 8.35. The number of hydrogen-bond donors (Lipinski definition) is 3. The highest BCUT2D eigenvalue weighted by Gasteiger charge is 2.11. The third-order valence-corrected chi connectivity index (χ3v) is 5.70. The standard InChI is InChI=1S/C19H24N6O2S/c1-25(2)13-12-23-28(20,26)15-6-4-14(5-7-15)24-17-9-11-21-18-16(17)8-10-22-19(18)27-3/h4-11H,12-13H2,1-3H3,(H,21,24)(H2,20,23,26). The molecule has 1 unspecified atom stereocenters. The van der Waals surface area contributed by atoms with Crippen molar-refractivity contribution >= 4 is 32.2 Å². The zero-order valence-electron chi connectivity index (χ0n) is 16.1. The van der Waals surface area contributed by atoms with Gasteiger partial charge in [0.1, 0.15) is 15.4 Å². The number of pyridine rings is 2. The molecule has 3 rings (SSSR count). The van der Waals surface area contributed by atoms with E-state index in [1.54, 1.807) is 31.6 Å². The van der Waals surface area contributed by atoms with Crippen molar-refractivity contribution < 1.29 is 8.95 Å². The van der Waals surface area contributed by atoms with Crippen molar-refractivity contribution in [1.29, 1.82) is 4.78 Å². The number of fused-ring (bicyclic) bond motifs is 1. The molecule has 0 saturated heterocycles. The minimum absolute atomic E-state index is 0.447. The maximum atomic E-state index is 12.6. The Bertz CT molecular complexity index is 1050. The highest BCUT2D eigenvalue weighted by Crippen LogP contribution is 2.29. The van der Waals surface area contributed by atoms with E-state index in [0.717, 1.165) is 16.8 Å². The molecule has 148 valence electrons. The predicted molar refractivity (Wildman–Crippen MR) is 111 cm³/mol. The quantitative estimate of drug-likeness (QED) is 0.537. The van der Waals surface area contributed by atoms with Crippen LogP contribution in [0.25, 0.3) is 10.9 Å². The summed E-state index contributed by atoms with van der Waals surface area (Å²) in [6.07, 6.45) is 3.36. The normalized spacial score (nSPS) is 13.4. The summed E-state index contributed by atoms with van der Waals surface area (Å²) in [6, 6.07) is 10.8. The summed E-state index contributed by atoms with van der Waals surface area (Å²) in [7, 11) is 2.40. The van der Waals surface area contributed by atoms with Crippen molar-refractivity contribution in [2.45, 2.75) is 4.90 Å². The fourth-order valence-corrected chi connectivity index (χ4v) is 3.76. The predicted octanol–water partition coefficient (Wildman–Crippen LogP) is 2.85. The lowest BCUT2D eigenvalue weighted by Crippen LogP contribution is -2.30. The number of hydrogen-bond acceptors (Lipinski definition) is 7. The van der Waals surface area contributed by atoms with E-state index >= 15 is 0 Å². The molecule has 3 N–H and O–H groups in total. The molecule has 1 aromatic carbocycles. The van der Waals surface area contributed by atoms with Gasteiger partial charge in [0.15, 0.2) is 0 Å². The van der Waals surface area contributed by atoms with Crippen LogP contribution in [0, 0.1) is 4.78 Å². The molecule has 0 aliphatic heterocycles. The van der Waals surface area contributed by atoms with Crippen LogP contribution in [0.2, 0.25) is 0 Å². The fraction of sp³-hybridized carbons (Fsp3) is 0.263. The Hall–Kier alpha value is -2.75. The van der Waals surface area contributed by atoms with E-state index in [9.17, 15) is 4.21 Å². The second kappa shape index (κ2) is 8.51. The average Bonchev–Trinajstić information content (AvgIpc) is 2.68. The Morgan fingerprint density at radius 2 is 1.82 bits per heavy atom. The molecule has 0 saturated carbocycles. The van der Waals surface area contributed by atoms with Crippen molar-refractivity contribution in [3.63, 3.8) is 0 Å². The van der Waals surface area contributed by atoms with Gasteiger partial charge < -0.3 is 15.0 Å². The van der Waals surface area contributed by atoms with Crippen molar-refractivity contribution in [3.8, 4) is 5.88 Å². The number of aromatic nitrogens is 2. The number of nitrogens with one attached hydrogen (secondary N) is 3. The third-order valence-electron chi connectivity index (χ3n) is 4.15. The van der Waals surface area contributed by atoms with Gasteiger partial charge in [-0.05, 0) is 50.5 Å². The van der Waals surface area contributed by atoms with Gasteiger partial charge in [-0.3, -0.25) is 4.98 Å². The Morgan fingerprint density at radius 1 is 1.11 bits per heavy atom. The highest BCUT2D eigenvalue weighted by molar-refractivity contribution is 7.90. The van der Waals surface area contributed by atoms with Gasteiger partial charge in [-0.2, -0.15) is 0 Å². The molecule has 0 radical (unpaired) electrons. The van der Waals surface area contributed by atoms with Crippen LogP contribution in [0.3, 0.4) is 0 Å². The summed E-state index contributed by atoms with van der Waals surface area (Å²) < 4.78 is 28.8. The molecular formula is C19H24N6O2S. The highest BCUT2D eigenvalue weighted by atomic mass is 32.2. The summed E-state index contributed by atoms with van der Waals surface area (Å²) in [5, 5.41) is 4.21. The van der Waals surface area contributed by atoms with Gasteiger partial charge in [0.05, 0.1) is 12.0 Å². The lowest BCUT2D eigenvalue weighted by Gasteiger charge is -2.14. The van der Waals surface area contributed by atoms with E-state index in [1.807, 2.05) is 43.3 Å². The Balaban J connectivity index is 1.79. The number of anilines is 2. The van der Waals surface area contributed by atoms with Gasteiger partial charge >= 0.3 is 0 Å². The van der Waals surface area contributed by atoms with E-state index in [4.69, 9.17) is 9.52 Å². The van der Waals surface area contributed by atoms with Gasteiger partial charge in [0.2, 0.25) is 5.88 Å². The van der Waals surface area contributed by atoms with Crippen LogP contribution in [0.15, 0.2) is 53.7 Å². The maximum absolute atomic E-state index is 12.6. The number of rotatable bonds is 8. The van der Waals surface area contributed by atoms with Gasteiger partial charge in [-0.15, -0.1) is 0 Å². The second-order valence-electron chi connectivity index (χ2n) is 6.48. The third kappa shape index (κ3) is 4.56. The summed E-state index contributed by atoms with van der Waals surface area (Å²) >= 11 is 0. The first-order valence-electron chi connectivity index (χ1n) is 8.73. The molecule has 28 heavy (non-hydrogen) atoms. The minimum Gasteiger partial charge on any atom is -0.479 e. The van der Waals surface area contributed by atoms with Crippen molar-refractivity contribution in [3.05, 3.63) is 48.8 Å². The minimum atomic E-state index is -3.03. The van der Waals surface area contributed by atoms with E-state index < -0.39 is 9.92 Å². The number of likely N-dealkylation sites (N-methyl/N-ethyl adjacent to an activating group) is 1. The van der Waals surface area contributed by atoms with Crippen LogP contribution in [0.5, 0.6) is 5.88 Å². The molecule has 2 heterocycles. The number of nitrogens with zero attached hydrogens (tertiary/aromatic N) is 3. The summed E-state index contributed by atoms with van der Waals surface area (Å²) in [5.41, 5.74) is 2.34. The Kier molecular flexibility index (Phi) is 6.08. The average molecular weight is 401 g/mol. The van der Waals surface area contributed by atoms with Crippen molar-refractivity contribution in [1.82, 2.24) is 19.6 Å². The zero-order valence-corrected chi connectivity index (χ0v) is 16.9. The fourth-order valence-electron chi connectivity index (χ4n) is 2.69. The topological polar surface area (TPSA) is 103 Å². The van der Waals surface area contributed by atoms with Gasteiger partial charge in [-0.1, -0.05) is 0 Å². The first kappa shape index (κ1) is 20.0. The van der Waals surface area contributed by atoms with Crippen LogP contribution in [0.4, 0.5) is 11.4 Å². The number of benzene rings is 1. The Morgan fingerprint density at radius 3 is 2.50 bits per heavy atom. The maximum Gasteiger partial charge on any atom is 0.240 e. The van der Waals surface area contributed by atoms with Crippen molar-refractivity contribution in [2.24, 2.45) is 0 Å². The Labute approximate surface area is 165 Å². The first-order chi connectivity index (χ1) is 13.4. The molecule has 8 nitrogen and oxygen atoms in total. The lowest BCUT2D eigenvalue weighted by molar-refractivity contribution is 0.402. The largest absolute Gasteiger partial charge is 0.479 e. The number of ether oxygens (including phenoxy) is 1. The van der Waals surface area contributed by atoms with Gasteiger partial charge in [-0.25, -0.2) is 18.7 Å². The molecule has 3 aromatic rings. The van der Waals surface area contributed by atoms with Gasteiger partial charge in [0, 0.05) is 42.2 Å². The van der Waals surface area contributed by atoms with Crippen LogP contribution in [-0.4, -0.2) is 53.4 Å². The van der Waals surface area contributed by atoms with E-state index in [0.29, 0.717) is 29.4 Å².